The zero-order valence-electron chi connectivity index (χ0n) is 14.0. The van der Waals surface area contributed by atoms with Gasteiger partial charge in [-0.15, -0.1) is 12.4 Å². The third-order valence-electron chi connectivity index (χ3n) is 3.72. The number of halogens is 4. The highest BCUT2D eigenvalue weighted by atomic mass is 35.5. The molecule has 0 atom stereocenters. The van der Waals surface area contributed by atoms with Gasteiger partial charge in [0.1, 0.15) is 16.7 Å². The summed E-state index contributed by atoms with van der Waals surface area (Å²) in [4.78, 5) is 3.58. The number of hydrogen-bond donors (Lipinski definition) is 1. The fourth-order valence-corrected chi connectivity index (χ4v) is 4.19. The van der Waals surface area contributed by atoms with Crippen molar-refractivity contribution in [3.63, 3.8) is 0 Å². The van der Waals surface area contributed by atoms with E-state index in [2.05, 4.69) is 10.3 Å². The van der Waals surface area contributed by atoms with Gasteiger partial charge in [-0.05, 0) is 37.4 Å². The Morgan fingerprint density at radius 3 is 2.59 bits per heavy atom. The van der Waals surface area contributed by atoms with Gasteiger partial charge in [-0.3, -0.25) is 0 Å². The molecule has 2 aromatic heterocycles. The van der Waals surface area contributed by atoms with Crippen molar-refractivity contribution in [1.29, 1.82) is 0 Å². The lowest BCUT2D eigenvalue weighted by molar-refractivity contribution is 0.581. The SMILES string of the molecule is CNCc1cn(S(=O)(=O)c2cccc(F)c2)c(-c2cccnc2Cl)c1F.Cl. The summed E-state index contributed by atoms with van der Waals surface area (Å²) in [6.07, 6.45) is 2.57. The predicted molar refractivity (Wildman–Crippen MR) is 102 cm³/mol. The first kappa shape index (κ1) is 21.3. The normalized spacial score (nSPS) is 11.3. The molecule has 3 rings (SSSR count). The number of benzene rings is 1. The third kappa shape index (κ3) is 3.98. The molecule has 0 bridgehead atoms. The molecule has 0 aliphatic carbocycles. The Morgan fingerprint density at radius 2 is 1.96 bits per heavy atom. The van der Waals surface area contributed by atoms with Crippen LogP contribution in [0.15, 0.2) is 53.7 Å². The van der Waals surface area contributed by atoms with Gasteiger partial charge in [-0.25, -0.2) is 26.2 Å². The largest absolute Gasteiger partial charge is 0.316 e. The predicted octanol–water partition coefficient (Wildman–Crippen LogP) is 3.86. The number of aromatic nitrogens is 2. The van der Waals surface area contributed by atoms with Crippen molar-refractivity contribution in [3.8, 4) is 11.3 Å². The van der Waals surface area contributed by atoms with Crippen LogP contribution in [0.5, 0.6) is 0 Å². The Balaban J connectivity index is 0.00000261. The minimum absolute atomic E-state index is 0. The van der Waals surface area contributed by atoms with E-state index in [1.165, 1.54) is 30.5 Å². The minimum atomic E-state index is -4.25. The smallest absolute Gasteiger partial charge is 0.268 e. The average molecular weight is 434 g/mol. The van der Waals surface area contributed by atoms with Crippen LogP contribution in [-0.2, 0) is 16.6 Å². The molecule has 5 nitrogen and oxygen atoms in total. The molecular formula is C17H15Cl2F2N3O2S. The monoisotopic (exact) mass is 433 g/mol. The number of nitrogens with zero attached hydrogens (tertiary/aromatic N) is 2. The van der Waals surface area contributed by atoms with Crippen LogP contribution in [0.2, 0.25) is 5.15 Å². The van der Waals surface area contributed by atoms with Gasteiger partial charge in [0.2, 0.25) is 0 Å². The second kappa shape index (κ2) is 8.35. The van der Waals surface area contributed by atoms with E-state index in [9.17, 15) is 17.2 Å². The molecule has 10 heteroatoms. The van der Waals surface area contributed by atoms with E-state index in [0.717, 1.165) is 22.3 Å². The average Bonchev–Trinajstić information content (AvgIpc) is 2.93. The molecule has 1 aromatic carbocycles. The quantitative estimate of drug-likeness (QED) is 0.620. The van der Waals surface area contributed by atoms with Crippen LogP contribution in [0.1, 0.15) is 5.56 Å². The van der Waals surface area contributed by atoms with Crippen LogP contribution in [0.3, 0.4) is 0 Å². The van der Waals surface area contributed by atoms with Crippen molar-refractivity contribution in [2.45, 2.75) is 11.4 Å². The second-order valence-corrected chi connectivity index (χ2v) is 7.62. The molecule has 0 saturated heterocycles. The number of pyridine rings is 1. The Hall–Kier alpha value is -2.00. The topological polar surface area (TPSA) is 64.0 Å². The fraction of sp³-hybridized carbons (Fsp3) is 0.118. The van der Waals surface area contributed by atoms with Gasteiger partial charge in [-0.1, -0.05) is 17.7 Å². The molecule has 0 fully saturated rings. The zero-order chi connectivity index (χ0) is 18.9. The van der Waals surface area contributed by atoms with E-state index in [1.807, 2.05) is 0 Å². The van der Waals surface area contributed by atoms with Crippen LogP contribution in [0, 0.1) is 11.6 Å². The molecule has 1 N–H and O–H groups in total. The summed E-state index contributed by atoms with van der Waals surface area (Å²) in [5, 5.41) is 2.73. The zero-order valence-corrected chi connectivity index (χ0v) is 16.4. The fourth-order valence-electron chi connectivity index (χ4n) is 2.56. The third-order valence-corrected chi connectivity index (χ3v) is 5.67. The van der Waals surface area contributed by atoms with Crippen LogP contribution in [0.4, 0.5) is 8.78 Å². The highest BCUT2D eigenvalue weighted by Gasteiger charge is 2.28. The van der Waals surface area contributed by atoms with Gasteiger partial charge in [0.15, 0.2) is 5.82 Å². The maximum absolute atomic E-state index is 15.0. The van der Waals surface area contributed by atoms with Crippen molar-refractivity contribution in [1.82, 2.24) is 14.3 Å². The molecule has 0 radical (unpaired) electrons. The summed E-state index contributed by atoms with van der Waals surface area (Å²) in [7, 11) is -2.65. The molecule has 0 aliphatic rings. The maximum atomic E-state index is 15.0. The molecule has 0 unspecified atom stereocenters. The standard InChI is InChI=1S/C17H14ClF2N3O2S.ClH/c1-21-9-11-10-23(26(24,25)13-5-2-4-12(19)8-13)16(15(11)20)14-6-3-7-22-17(14)18;/h2-8,10,21H,9H2,1H3;1H. The van der Waals surface area contributed by atoms with Crippen molar-refractivity contribution in [3.05, 3.63) is 71.1 Å². The summed E-state index contributed by atoms with van der Waals surface area (Å²) < 4.78 is 55.3. The van der Waals surface area contributed by atoms with E-state index in [0.29, 0.717) is 0 Å². The van der Waals surface area contributed by atoms with Crippen molar-refractivity contribution in [2.75, 3.05) is 7.05 Å². The highest BCUT2D eigenvalue weighted by molar-refractivity contribution is 7.90. The van der Waals surface area contributed by atoms with E-state index >= 15 is 0 Å². The van der Waals surface area contributed by atoms with Crippen molar-refractivity contribution >= 4 is 34.0 Å². The summed E-state index contributed by atoms with van der Waals surface area (Å²) >= 11 is 6.05. The van der Waals surface area contributed by atoms with Crippen LogP contribution < -0.4 is 5.32 Å². The van der Waals surface area contributed by atoms with Crippen LogP contribution in [-0.4, -0.2) is 24.4 Å². The summed E-state index contributed by atoms with van der Waals surface area (Å²) in [6, 6.07) is 7.50. The van der Waals surface area contributed by atoms with E-state index in [-0.39, 0.29) is 45.8 Å². The summed E-state index contributed by atoms with van der Waals surface area (Å²) in [6.45, 7) is 0.0996. The van der Waals surface area contributed by atoms with Gasteiger partial charge in [0, 0.05) is 30.1 Å². The van der Waals surface area contributed by atoms with Gasteiger partial charge in [-0.2, -0.15) is 0 Å². The Kier molecular flexibility index (Phi) is 6.59. The Morgan fingerprint density at radius 1 is 1.22 bits per heavy atom. The maximum Gasteiger partial charge on any atom is 0.268 e. The number of rotatable bonds is 5. The molecule has 2 heterocycles. The van der Waals surface area contributed by atoms with Gasteiger partial charge < -0.3 is 5.32 Å². The molecule has 27 heavy (non-hydrogen) atoms. The molecule has 3 aromatic rings. The lowest BCUT2D eigenvalue weighted by Crippen LogP contribution is -2.14. The Bertz CT molecular complexity index is 1070. The van der Waals surface area contributed by atoms with E-state index in [1.54, 1.807) is 7.05 Å². The van der Waals surface area contributed by atoms with Gasteiger partial charge in [0.25, 0.3) is 10.0 Å². The first-order valence-corrected chi connectivity index (χ1v) is 9.34. The number of hydrogen-bond acceptors (Lipinski definition) is 4. The second-order valence-electron chi connectivity index (χ2n) is 5.45. The molecular weight excluding hydrogens is 419 g/mol. The first-order chi connectivity index (χ1) is 12.4. The lowest BCUT2D eigenvalue weighted by Gasteiger charge is -2.11. The first-order valence-electron chi connectivity index (χ1n) is 7.52. The van der Waals surface area contributed by atoms with E-state index < -0.39 is 21.7 Å². The van der Waals surface area contributed by atoms with Gasteiger partial charge >= 0.3 is 0 Å². The summed E-state index contributed by atoms with van der Waals surface area (Å²) in [5.74, 6) is -1.45. The van der Waals surface area contributed by atoms with Crippen LogP contribution in [0.25, 0.3) is 11.3 Å². The summed E-state index contributed by atoms with van der Waals surface area (Å²) in [5.41, 5.74) is -0.00555. The molecule has 0 aliphatic heterocycles. The van der Waals surface area contributed by atoms with E-state index in [4.69, 9.17) is 11.6 Å². The Labute approximate surface area is 166 Å². The van der Waals surface area contributed by atoms with Gasteiger partial charge in [0.05, 0.1) is 4.90 Å². The lowest BCUT2D eigenvalue weighted by atomic mass is 10.2. The minimum Gasteiger partial charge on any atom is -0.316 e. The molecule has 0 spiro atoms. The van der Waals surface area contributed by atoms with Crippen molar-refractivity contribution < 1.29 is 17.2 Å². The highest BCUT2D eigenvalue weighted by Crippen LogP contribution is 2.34. The molecule has 0 saturated carbocycles. The number of nitrogens with one attached hydrogen (secondary N) is 1. The van der Waals surface area contributed by atoms with Crippen molar-refractivity contribution in [2.24, 2.45) is 0 Å². The molecule has 0 amide bonds. The van der Waals surface area contributed by atoms with Crippen LogP contribution >= 0.6 is 24.0 Å². The molecule has 144 valence electrons.